The van der Waals surface area contributed by atoms with Crippen molar-refractivity contribution in [2.24, 2.45) is 10.9 Å². The Bertz CT molecular complexity index is 1200. The highest BCUT2D eigenvalue weighted by Gasteiger charge is 2.37. The van der Waals surface area contributed by atoms with Crippen molar-refractivity contribution in [3.8, 4) is 0 Å². The maximum atomic E-state index is 11.9. The number of benzene rings is 2. The number of carbonyl (C=O) groups excluding carboxylic acids is 1. The van der Waals surface area contributed by atoms with Gasteiger partial charge in [-0.05, 0) is 42.2 Å². The number of para-hydroxylation sites is 1. The maximum absolute atomic E-state index is 11.9. The lowest BCUT2D eigenvalue weighted by molar-refractivity contribution is -0.122. The Hall–Kier alpha value is -3.20. The van der Waals surface area contributed by atoms with Gasteiger partial charge in [-0.3, -0.25) is 9.79 Å². The predicted octanol–water partition coefficient (Wildman–Crippen LogP) is 8.61. The molecule has 1 heterocycles. The molecule has 0 N–H and O–H groups in total. The maximum Gasteiger partial charge on any atom is 0.135 e. The fourth-order valence-electron chi connectivity index (χ4n) is 5.20. The summed E-state index contributed by atoms with van der Waals surface area (Å²) < 4.78 is 0. The van der Waals surface area contributed by atoms with Crippen molar-refractivity contribution in [2.75, 3.05) is 18.5 Å². The first-order valence-electron chi connectivity index (χ1n) is 14.1. The highest BCUT2D eigenvalue weighted by Crippen LogP contribution is 2.46. The Balaban J connectivity index is 1.72. The van der Waals surface area contributed by atoms with E-state index < -0.39 is 0 Å². The number of likely N-dealkylation sites (N-methyl/N-ethyl adjacent to an activating group) is 1. The SMILES string of the molecule is CC(C)C(=O)CCCCC\N=C(/C=C/C=C/C=C1/N(C)c2ccccc2C1(C)C)C(C)(C)c1ccccc1. The second-order valence-electron chi connectivity index (χ2n) is 11.7. The molecule has 38 heavy (non-hydrogen) atoms. The van der Waals surface area contributed by atoms with Gasteiger partial charge in [-0.1, -0.05) is 115 Å². The number of ketones is 1. The van der Waals surface area contributed by atoms with Gasteiger partial charge in [0, 0.05) is 53.9 Å². The number of fused-ring (bicyclic) bond motifs is 1. The molecule has 0 saturated heterocycles. The highest BCUT2D eigenvalue weighted by atomic mass is 16.1. The van der Waals surface area contributed by atoms with Crippen LogP contribution in [-0.4, -0.2) is 25.1 Å². The molecule has 0 atom stereocenters. The van der Waals surface area contributed by atoms with Crippen LogP contribution < -0.4 is 4.90 Å². The van der Waals surface area contributed by atoms with Gasteiger partial charge < -0.3 is 4.90 Å². The number of anilines is 1. The van der Waals surface area contributed by atoms with Gasteiger partial charge in [-0.2, -0.15) is 0 Å². The fraction of sp³-hybridized carbons (Fsp3) is 0.429. The van der Waals surface area contributed by atoms with E-state index in [1.807, 2.05) is 13.8 Å². The first-order chi connectivity index (χ1) is 18.1. The summed E-state index contributed by atoms with van der Waals surface area (Å²) in [4.78, 5) is 19.2. The molecule has 0 aliphatic carbocycles. The summed E-state index contributed by atoms with van der Waals surface area (Å²) >= 11 is 0. The largest absolute Gasteiger partial charge is 0.347 e. The summed E-state index contributed by atoms with van der Waals surface area (Å²) in [6.07, 6.45) is 14.4. The molecule has 1 aliphatic rings. The average Bonchev–Trinajstić information content (AvgIpc) is 3.09. The molecule has 0 bridgehead atoms. The Labute approximate surface area is 231 Å². The zero-order valence-electron chi connectivity index (χ0n) is 24.5. The van der Waals surface area contributed by atoms with Gasteiger partial charge in [0.1, 0.15) is 5.78 Å². The number of carbonyl (C=O) groups is 1. The molecule has 0 aromatic heterocycles. The van der Waals surface area contributed by atoms with Crippen LogP contribution in [0.3, 0.4) is 0 Å². The molecule has 1 aliphatic heterocycles. The third-order valence-corrected chi connectivity index (χ3v) is 7.81. The quantitative estimate of drug-likeness (QED) is 0.163. The molecule has 202 valence electrons. The first kappa shape index (κ1) is 29.4. The van der Waals surface area contributed by atoms with Crippen LogP contribution in [0.15, 0.2) is 95.7 Å². The summed E-state index contributed by atoms with van der Waals surface area (Å²) in [5, 5.41) is 0. The van der Waals surface area contributed by atoms with E-state index in [9.17, 15) is 4.79 Å². The highest BCUT2D eigenvalue weighted by molar-refractivity contribution is 6.03. The van der Waals surface area contributed by atoms with E-state index in [2.05, 4.69) is 125 Å². The number of Topliss-reactive ketones (excluding diaryl/α,β-unsaturated/α-hetero) is 1. The molecule has 0 saturated carbocycles. The third-order valence-electron chi connectivity index (χ3n) is 7.81. The topological polar surface area (TPSA) is 32.7 Å². The molecule has 2 aromatic carbocycles. The lowest BCUT2D eigenvalue weighted by Gasteiger charge is -2.26. The van der Waals surface area contributed by atoms with Crippen LogP contribution in [0.1, 0.15) is 78.4 Å². The lowest BCUT2D eigenvalue weighted by atomic mass is 9.79. The van der Waals surface area contributed by atoms with Crippen LogP contribution in [0, 0.1) is 5.92 Å². The Morgan fingerprint density at radius 3 is 2.32 bits per heavy atom. The summed E-state index contributed by atoms with van der Waals surface area (Å²) in [5.41, 5.74) is 6.03. The number of allylic oxidation sites excluding steroid dienone is 6. The van der Waals surface area contributed by atoms with Crippen LogP contribution in [-0.2, 0) is 15.6 Å². The van der Waals surface area contributed by atoms with E-state index >= 15 is 0 Å². The van der Waals surface area contributed by atoms with Gasteiger partial charge in [-0.25, -0.2) is 0 Å². The lowest BCUT2D eigenvalue weighted by Crippen LogP contribution is -2.28. The van der Waals surface area contributed by atoms with Gasteiger partial charge in [0.15, 0.2) is 0 Å². The van der Waals surface area contributed by atoms with E-state index in [0.717, 1.165) is 31.5 Å². The van der Waals surface area contributed by atoms with Crippen LogP contribution in [0.25, 0.3) is 0 Å². The molecule has 0 spiro atoms. The van der Waals surface area contributed by atoms with E-state index in [0.29, 0.717) is 12.2 Å². The van der Waals surface area contributed by atoms with Gasteiger partial charge >= 0.3 is 0 Å². The van der Waals surface area contributed by atoms with E-state index in [4.69, 9.17) is 4.99 Å². The summed E-state index contributed by atoms with van der Waals surface area (Å²) in [6.45, 7) is 13.8. The first-order valence-corrected chi connectivity index (χ1v) is 14.1. The molecule has 3 nitrogen and oxygen atoms in total. The van der Waals surface area contributed by atoms with Crippen LogP contribution in [0.2, 0.25) is 0 Å². The predicted molar refractivity (Wildman–Crippen MR) is 164 cm³/mol. The summed E-state index contributed by atoms with van der Waals surface area (Å²) in [5.74, 6) is 0.496. The van der Waals surface area contributed by atoms with Crippen molar-refractivity contribution in [2.45, 2.75) is 78.1 Å². The van der Waals surface area contributed by atoms with Crippen molar-refractivity contribution in [3.05, 3.63) is 102 Å². The van der Waals surface area contributed by atoms with Crippen molar-refractivity contribution in [1.82, 2.24) is 0 Å². The van der Waals surface area contributed by atoms with Gasteiger partial charge in [0.25, 0.3) is 0 Å². The van der Waals surface area contributed by atoms with Crippen molar-refractivity contribution >= 4 is 17.2 Å². The molecule has 0 unspecified atom stereocenters. The van der Waals surface area contributed by atoms with Gasteiger partial charge in [0.05, 0.1) is 0 Å². The molecule has 0 amide bonds. The van der Waals surface area contributed by atoms with Crippen LogP contribution in [0.4, 0.5) is 5.69 Å². The molecular formula is C35H46N2O. The Kier molecular flexibility index (Phi) is 10.1. The summed E-state index contributed by atoms with van der Waals surface area (Å²) in [7, 11) is 2.15. The number of unbranched alkanes of at least 4 members (excludes halogenated alkanes) is 2. The van der Waals surface area contributed by atoms with Crippen molar-refractivity contribution in [1.29, 1.82) is 0 Å². The molecule has 3 heteroatoms. The number of aliphatic imine (C=N–C) groups is 1. The normalized spacial score (nSPS) is 16.8. The number of rotatable bonds is 12. The molecule has 3 rings (SSSR count). The second kappa shape index (κ2) is 13.0. The number of hydrogen-bond donors (Lipinski definition) is 0. The van der Waals surface area contributed by atoms with Gasteiger partial charge in [-0.15, -0.1) is 0 Å². The minimum atomic E-state index is -0.201. The zero-order chi connectivity index (χ0) is 27.8. The molecule has 2 aromatic rings. The van der Waals surface area contributed by atoms with Crippen molar-refractivity contribution in [3.63, 3.8) is 0 Å². The third kappa shape index (κ3) is 7.01. The number of hydrogen-bond acceptors (Lipinski definition) is 3. The average molecular weight is 511 g/mol. The minimum absolute atomic E-state index is 0.0267. The number of nitrogens with zero attached hydrogens (tertiary/aromatic N) is 2. The van der Waals surface area contributed by atoms with E-state index in [1.54, 1.807) is 0 Å². The standard InChI is InChI=1S/C35H46N2O/c1-27(2)31(38)23-13-10-18-26-36-32(34(3,4)28-19-11-8-12-20-28)24-14-9-15-25-33-35(5,6)29-21-16-17-22-30(29)37(33)7/h8-9,11-12,14-17,19-22,24-25,27H,10,13,18,23,26H2,1-7H3/b15-9+,24-14+,33-25+,36-32+. The fourth-order valence-corrected chi connectivity index (χ4v) is 5.20. The second-order valence-corrected chi connectivity index (χ2v) is 11.7. The van der Waals surface area contributed by atoms with Crippen LogP contribution >= 0.6 is 0 Å². The zero-order valence-corrected chi connectivity index (χ0v) is 24.5. The van der Waals surface area contributed by atoms with Crippen molar-refractivity contribution < 1.29 is 4.79 Å². The monoisotopic (exact) mass is 510 g/mol. The Morgan fingerprint density at radius 1 is 0.947 bits per heavy atom. The molecule has 0 fully saturated rings. The Morgan fingerprint density at radius 2 is 1.63 bits per heavy atom. The smallest absolute Gasteiger partial charge is 0.135 e. The minimum Gasteiger partial charge on any atom is -0.347 e. The van der Waals surface area contributed by atoms with Gasteiger partial charge in [0.2, 0.25) is 0 Å². The van der Waals surface area contributed by atoms with E-state index in [-0.39, 0.29) is 16.7 Å². The summed E-state index contributed by atoms with van der Waals surface area (Å²) in [6, 6.07) is 19.2. The molecular weight excluding hydrogens is 464 g/mol. The van der Waals surface area contributed by atoms with Crippen LogP contribution in [0.5, 0.6) is 0 Å². The van der Waals surface area contributed by atoms with E-state index in [1.165, 1.54) is 22.5 Å². The molecule has 0 radical (unpaired) electrons.